The monoisotopic (exact) mass is 219 g/mol. The van der Waals surface area contributed by atoms with Crippen molar-refractivity contribution in [3.05, 3.63) is 18.0 Å². The van der Waals surface area contributed by atoms with Crippen molar-refractivity contribution in [3.63, 3.8) is 0 Å². The summed E-state index contributed by atoms with van der Waals surface area (Å²) >= 11 is 0. The Morgan fingerprint density at radius 1 is 1.44 bits per heavy atom. The van der Waals surface area contributed by atoms with Gasteiger partial charge in [0.2, 0.25) is 0 Å². The Balaban J connectivity index is 1.46. The fraction of sp³-hybridized carbons (Fsp3) is 0.769. The molecule has 3 unspecified atom stereocenters. The zero-order valence-electron chi connectivity index (χ0n) is 10.0. The number of nitrogens with one attached hydrogen (secondary N) is 1. The van der Waals surface area contributed by atoms with Crippen molar-refractivity contribution >= 4 is 0 Å². The van der Waals surface area contributed by atoms with Gasteiger partial charge in [-0.1, -0.05) is 6.42 Å². The minimum Gasteiger partial charge on any atom is -0.311 e. The Kier molecular flexibility index (Phi) is 2.72. The standard InChI is InChI=1S/C13H21N3/c1-16-13(4-5-15-16)9-14-8-12-7-10-2-3-11(12)6-10/h4-5,10-12,14H,2-3,6-9H2,1H3. The van der Waals surface area contributed by atoms with Gasteiger partial charge < -0.3 is 5.32 Å². The van der Waals surface area contributed by atoms with Crippen LogP contribution < -0.4 is 5.32 Å². The van der Waals surface area contributed by atoms with Crippen LogP contribution in [0.15, 0.2) is 12.3 Å². The average Bonchev–Trinajstić information content (AvgIpc) is 2.96. The zero-order valence-corrected chi connectivity index (χ0v) is 10.0. The van der Waals surface area contributed by atoms with Crippen molar-refractivity contribution in [3.8, 4) is 0 Å². The largest absolute Gasteiger partial charge is 0.311 e. The molecule has 88 valence electrons. The summed E-state index contributed by atoms with van der Waals surface area (Å²) in [6, 6.07) is 2.09. The van der Waals surface area contributed by atoms with Crippen LogP contribution in [0.25, 0.3) is 0 Å². The van der Waals surface area contributed by atoms with Gasteiger partial charge in [-0.2, -0.15) is 5.10 Å². The molecule has 0 amide bonds. The topological polar surface area (TPSA) is 29.9 Å². The van der Waals surface area contributed by atoms with Crippen LogP contribution in [0.2, 0.25) is 0 Å². The first-order valence-corrected chi connectivity index (χ1v) is 6.50. The van der Waals surface area contributed by atoms with Crippen LogP contribution in [-0.2, 0) is 13.6 Å². The van der Waals surface area contributed by atoms with Crippen LogP contribution >= 0.6 is 0 Å². The molecule has 1 N–H and O–H groups in total. The molecule has 2 aliphatic carbocycles. The van der Waals surface area contributed by atoms with Crippen LogP contribution in [0.1, 0.15) is 31.4 Å². The van der Waals surface area contributed by atoms with E-state index in [2.05, 4.69) is 16.5 Å². The molecule has 3 atom stereocenters. The van der Waals surface area contributed by atoms with E-state index in [1.54, 1.807) is 0 Å². The highest BCUT2D eigenvalue weighted by molar-refractivity contribution is 4.99. The summed E-state index contributed by atoms with van der Waals surface area (Å²) in [6.07, 6.45) is 7.85. The maximum atomic E-state index is 4.18. The van der Waals surface area contributed by atoms with E-state index in [1.165, 1.54) is 37.9 Å². The number of aryl methyl sites for hydroxylation is 1. The van der Waals surface area contributed by atoms with Crippen LogP contribution in [0.4, 0.5) is 0 Å². The molecule has 0 aliphatic heterocycles. The Labute approximate surface area is 97.2 Å². The lowest BCUT2D eigenvalue weighted by Crippen LogP contribution is -2.26. The maximum Gasteiger partial charge on any atom is 0.0518 e. The zero-order chi connectivity index (χ0) is 11.0. The minimum absolute atomic E-state index is 0.951. The molecule has 0 spiro atoms. The van der Waals surface area contributed by atoms with E-state index in [0.29, 0.717) is 0 Å². The second-order valence-corrected chi connectivity index (χ2v) is 5.51. The normalized spacial score (nSPS) is 32.4. The molecule has 3 rings (SSSR count). The first-order chi connectivity index (χ1) is 7.83. The number of rotatable bonds is 4. The highest BCUT2D eigenvalue weighted by Crippen LogP contribution is 2.47. The molecule has 0 radical (unpaired) electrons. The Morgan fingerprint density at radius 2 is 2.38 bits per heavy atom. The fourth-order valence-electron chi connectivity index (χ4n) is 3.59. The van der Waals surface area contributed by atoms with Gasteiger partial charge in [0.25, 0.3) is 0 Å². The molecule has 1 aromatic heterocycles. The first kappa shape index (κ1) is 10.3. The SMILES string of the molecule is Cn1nccc1CNCC1CC2CCC1C2. The third-order valence-corrected chi connectivity index (χ3v) is 4.52. The molecule has 2 fully saturated rings. The molecule has 0 saturated heterocycles. The molecule has 2 bridgehead atoms. The molecule has 16 heavy (non-hydrogen) atoms. The Hall–Kier alpha value is -0.830. The maximum absolute atomic E-state index is 4.18. The molecular weight excluding hydrogens is 198 g/mol. The van der Waals surface area contributed by atoms with Crippen LogP contribution in [-0.4, -0.2) is 16.3 Å². The van der Waals surface area contributed by atoms with Gasteiger partial charge in [0.15, 0.2) is 0 Å². The summed E-state index contributed by atoms with van der Waals surface area (Å²) < 4.78 is 1.95. The molecule has 1 aromatic rings. The number of nitrogens with zero attached hydrogens (tertiary/aromatic N) is 2. The fourth-order valence-corrected chi connectivity index (χ4v) is 3.59. The van der Waals surface area contributed by atoms with Gasteiger partial charge in [-0.25, -0.2) is 0 Å². The average molecular weight is 219 g/mol. The highest BCUT2D eigenvalue weighted by Gasteiger charge is 2.38. The van der Waals surface area contributed by atoms with Crippen LogP contribution in [0.3, 0.4) is 0 Å². The quantitative estimate of drug-likeness (QED) is 0.838. The number of fused-ring (bicyclic) bond motifs is 2. The van der Waals surface area contributed by atoms with E-state index < -0.39 is 0 Å². The van der Waals surface area contributed by atoms with Gasteiger partial charge in [-0.05, 0) is 49.6 Å². The molecule has 3 nitrogen and oxygen atoms in total. The van der Waals surface area contributed by atoms with E-state index in [0.717, 1.165) is 24.3 Å². The van der Waals surface area contributed by atoms with Gasteiger partial charge in [0, 0.05) is 19.8 Å². The van der Waals surface area contributed by atoms with Crippen molar-refractivity contribution in [2.75, 3.05) is 6.54 Å². The molecule has 2 saturated carbocycles. The van der Waals surface area contributed by atoms with E-state index in [-0.39, 0.29) is 0 Å². The molecule has 2 aliphatic rings. The lowest BCUT2D eigenvalue weighted by atomic mass is 9.89. The van der Waals surface area contributed by atoms with Crippen LogP contribution in [0.5, 0.6) is 0 Å². The molecule has 3 heteroatoms. The Morgan fingerprint density at radius 3 is 3.00 bits per heavy atom. The summed E-state index contributed by atoms with van der Waals surface area (Å²) in [4.78, 5) is 0. The van der Waals surface area contributed by atoms with Crippen LogP contribution in [0, 0.1) is 17.8 Å². The lowest BCUT2D eigenvalue weighted by molar-refractivity contribution is 0.317. The van der Waals surface area contributed by atoms with Crippen molar-refractivity contribution in [2.24, 2.45) is 24.8 Å². The third kappa shape index (κ3) is 1.88. The summed E-state index contributed by atoms with van der Waals surface area (Å²) in [6.45, 7) is 2.16. The molecule has 0 aromatic carbocycles. The second kappa shape index (κ2) is 4.21. The van der Waals surface area contributed by atoms with E-state index in [1.807, 2.05) is 17.9 Å². The molecule has 1 heterocycles. The van der Waals surface area contributed by atoms with Crippen molar-refractivity contribution in [1.82, 2.24) is 15.1 Å². The van der Waals surface area contributed by atoms with E-state index >= 15 is 0 Å². The summed E-state index contributed by atoms with van der Waals surface area (Å²) in [5.41, 5.74) is 1.28. The van der Waals surface area contributed by atoms with Gasteiger partial charge >= 0.3 is 0 Å². The van der Waals surface area contributed by atoms with Crippen molar-refractivity contribution in [1.29, 1.82) is 0 Å². The van der Waals surface area contributed by atoms with E-state index in [9.17, 15) is 0 Å². The number of hydrogen-bond donors (Lipinski definition) is 1. The van der Waals surface area contributed by atoms with Gasteiger partial charge in [-0.15, -0.1) is 0 Å². The smallest absolute Gasteiger partial charge is 0.0518 e. The second-order valence-electron chi connectivity index (χ2n) is 5.51. The van der Waals surface area contributed by atoms with Gasteiger partial charge in [-0.3, -0.25) is 4.68 Å². The number of aromatic nitrogens is 2. The summed E-state index contributed by atoms with van der Waals surface area (Å²) in [7, 11) is 2.01. The first-order valence-electron chi connectivity index (χ1n) is 6.50. The van der Waals surface area contributed by atoms with Crippen molar-refractivity contribution in [2.45, 2.75) is 32.2 Å². The summed E-state index contributed by atoms with van der Waals surface area (Å²) in [5.74, 6) is 3.05. The van der Waals surface area contributed by atoms with E-state index in [4.69, 9.17) is 0 Å². The van der Waals surface area contributed by atoms with Crippen molar-refractivity contribution < 1.29 is 0 Å². The highest BCUT2D eigenvalue weighted by atomic mass is 15.3. The minimum atomic E-state index is 0.951. The lowest BCUT2D eigenvalue weighted by Gasteiger charge is -2.21. The van der Waals surface area contributed by atoms with Gasteiger partial charge in [0.1, 0.15) is 0 Å². The molecular formula is C13H21N3. The number of hydrogen-bond acceptors (Lipinski definition) is 2. The van der Waals surface area contributed by atoms with Gasteiger partial charge in [0.05, 0.1) is 5.69 Å². The third-order valence-electron chi connectivity index (χ3n) is 4.52. The summed E-state index contributed by atoms with van der Waals surface area (Å²) in [5, 5.41) is 7.78. The predicted molar refractivity (Wildman–Crippen MR) is 63.9 cm³/mol. The Bertz CT molecular complexity index is 358. The predicted octanol–water partition coefficient (Wildman–Crippen LogP) is 1.95.